The van der Waals surface area contributed by atoms with E-state index in [2.05, 4.69) is 41.0 Å². The van der Waals surface area contributed by atoms with Crippen molar-refractivity contribution in [3.63, 3.8) is 0 Å². The number of nitrogens with one attached hydrogen (secondary N) is 1. The molecule has 9 rings (SSSR count). The van der Waals surface area contributed by atoms with E-state index in [1.807, 2.05) is 18.2 Å². The van der Waals surface area contributed by atoms with E-state index in [9.17, 15) is 5.11 Å². The molecular weight excluding hydrogens is 605 g/mol. The van der Waals surface area contributed by atoms with Gasteiger partial charge in [-0.1, -0.05) is 31.9 Å². The Morgan fingerprint density at radius 1 is 1.15 bits per heavy atom. The number of morpholine rings is 1. The molecule has 2 N–H and O–H groups in total. The summed E-state index contributed by atoms with van der Waals surface area (Å²) in [6, 6.07) is 12.4. The van der Waals surface area contributed by atoms with Crippen molar-refractivity contribution in [2.45, 2.75) is 76.1 Å². The third-order valence-electron chi connectivity index (χ3n) is 11.5. The number of likely N-dealkylation sites (tertiary alicyclic amines) is 1. The maximum Gasteiger partial charge on any atom is 0.319 e. The highest BCUT2D eigenvalue weighted by molar-refractivity contribution is 6.05. The van der Waals surface area contributed by atoms with Crippen LogP contribution < -0.4 is 15.0 Å². The second kappa shape index (κ2) is 11.3. The summed E-state index contributed by atoms with van der Waals surface area (Å²) in [5.41, 5.74) is 2.72. The van der Waals surface area contributed by atoms with Gasteiger partial charge in [-0.2, -0.15) is 9.97 Å². The van der Waals surface area contributed by atoms with Gasteiger partial charge < -0.3 is 24.8 Å². The summed E-state index contributed by atoms with van der Waals surface area (Å²) in [6.45, 7) is 9.03. The first kappa shape index (κ1) is 30.1. The Hall–Kier alpha value is -3.97. The Bertz CT molecular complexity index is 1970. The molecule has 248 valence electrons. The molecular formula is C39H42FN5O3. The van der Waals surface area contributed by atoms with E-state index < -0.39 is 5.82 Å². The van der Waals surface area contributed by atoms with E-state index in [1.54, 1.807) is 12.1 Å². The summed E-state index contributed by atoms with van der Waals surface area (Å²) in [7, 11) is 0. The molecule has 4 atom stereocenters. The van der Waals surface area contributed by atoms with Gasteiger partial charge in [0.25, 0.3) is 0 Å². The van der Waals surface area contributed by atoms with Gasteiger partial charge >= 0.3 is 6.01 Å². The number of rotatable bonds is 8. The van der Waals surface area contributed by atoms with Crippen molar-refractivity contribution >= 4 is 27.5 Å². The lowest BCUT2D eigenvalue weighted by atomic mass is 9.86. The van der Waals surface area contributed by atoms with Crippen molar-refractivity contribution in [1.29, 1.82) is 0 Å². The number of benzene rings is 3. The van der Waals surface area contributed by atoms with Crippen LogP contribution in [0.2, 0.25) is 0 Å². The van der Waals surface area contributed by atoms with Crippen molar-refractivity contribution in [1.82, 2.24) is 20.2 Å². The summed E-state index contributed by atoms with van der Waals surface area (Å²) in [5.74, 6) is 3.08. The average molecular weight is 648 g/mol. The van der Waals surface area contributed by atoms with Crippen LogP contribution in [0, 0.1) is 23.6 Å². The highest BCUT2D eigenvalue weighted by atomic mass is 19.1. The maximum atomic E-state index is 17.5. The summed E-state index contributed by atoms with van der Waals surface area (Å²) in [4.78, 5) is 14.8. The van der Waals surface area contributed by atoms with Crippen molar-refractivity contribution in [2.24, 2.45) is 5.41 Å². The van der Waals surface area contributed by atoms with E-state index in [0.29, 0.717) is 52.9 Å². The van der Waals surface area contributed by atoms with E-state index >= 15 is 4.39 Å². The van der Waals surface area contributed by atoms with Crippen LogP contribution in [-0.4, -0.2) is 83.6 Å². The fourth-order valence-electron chi connectivity index (χ4n) is 8.79. The molecule has 1 saturated carbocycles. The first-order chi connectivity index (χ1) is 23.3. The van der Waals surface area contributed by atoms with Gasteiger partial charge in [-0.3, -0.25) is 4.90 Å². The molecule has 5 heterocycles. The van der Waals surface area contributed by atoms with Gasteiger partial charge in [-0.05, 0) is 78.8 Å². The minimum atomic E-state index is -0.448. The van der Waals surface area contributed by atoms with Crippen LogP contribution in [0.15, 0.2) is 36.4 Å². The van der Waals surface area contributed by atoms with Gasteiger partial charge in [0.15, 0.2) is 5.82 Å². The van der Waals surface area contributed by atoms with Crippen LogP contribution in [0.4, 0.5) is 10.2 Å². The zero-order chi connectivity index (χ0) is 32.7. The molecule has 2 unspecified atom stereocenters. The number of aromatic hydroxyl groups is 1. The average Bonchev–Trinajstić information content (AvgIpc) is 3.34. The first-order valence-electron chi connectivity index (χ1n) is 17.5. The molecule has 9 heteroatoms. The third kappa shape index (κ3) is 5.08. The molecule has 1 aromatic heterocycles. The number of phenols is 1. The van der Waals surface area contributed by atoms with Crippen molar-refractivity contribution in [3.05, 3.63) is 53.3 Å². The quantitative estimate of drug-likeness (QED) is 0.227. The van der Waals surface area contributed by atoms with E-state index in [-0.39, 0.29) is 28.6 Å². The number of phenolic OH excluding ortho intramolecular Hbond substituents is 1. The monoisotopic (exact) mass is 647 g/mol. The summed E-state index contributed by atoms with van der Waals surface area (Å²) in [5, 5.41) is 16.7. The number of halogens is 1. The van der Waals surface area contributed by atoms with Gasteiger partial charge in [-0.25, -0.2) is 4.39 Å². The fourth-order valence-corrected chi connectivity index (χ4v) is 8.79. The lowest BCUT2D eigenvalue weighted by Crippen LogP contribution is -2.51. The Labute approximate surface area is 280 Å². The first-order valence-corrected chi connectivity index (χ1v) is 17.5. The highest BCUT2D eigenvalue weighted by Gasteiger charge is 2.49. The van der Waals surface area contributed by atoms with Crippen molar-refractivity contribution in [3.8, 4) is 35.2 Å². The molecule has 1 aliphatic carbocycles. The third-order valence-corrected chi connectivity index (χ3v) is 11.5. The molecule has 5 fully saturated rings. The molecule has 4 aliphatic heterocycles. The molecule has 3 aromatic carbocycles. The largest absolute Gasteiger partial charge is 0.508 e. The molecule has 0 radical (unpaired) electrons. The fraction of sp³-hybridized carbons (Fsp3) is 0.487. The highest BCUT2D eigenvalue weighted by Crippen LogP contribution is 2.49. The Morgan fingerprint density at radius 2 is 1.96 bits per heavy atom. The van der Waals surface area contributed by atoms with Gasteiger partial charge in [0.1, 0.15) is 17.1 Å². The number of aromatic nitrogens is 2. The molecule has 8 nitrogen and oxygen atoms in total. The summed E-state index contributed by atoms with van der Waals surface area (Å²) < 4.78 is 29.8. The zero-order valence-corrected chi connectivity index (χ0v) is 27.6. The van der Waals surface area contributed by atoms with Crippen LogP contribution in [0.5, 0.6) is 11.8 Å². The summed E-state index contributed by atoms with van der Waals surface area (Å²) >= 11 is 0. The van der Waals surface area contributed by atoms with Gasteiger partial charge in [0, 0.05) is 71.6 Å². The normalized spacial score (nSPS) is 25.8. The minimum absolute atomic E-state index is 0.0294. The number of nitrogens with zero attached hydrogens (tertiary/aromatic N) is 4. The zero-order valence-electron chi connectivity index (χ0n) is 27.6. The molecule has 4 aromatic rings. The SMILES string of the molecule is C#Cc1cccc2cc(O)cc(-c3c(C(C)C)cc4c(N5CC6CCC(C5)N6)nc(OCC5(CN6C[C@@H]7C[C@H]6CO7)CC5)nc4c3F)c12. The molecule has 0 spiro atoms. The smallest absolute Gasteiger partial charge is 0.319 e. The number of terminal acetylenes is 1. The number of anilines is 1. The maximum absolute atomic E-state index is 17.5. The Kier molecular flexibility index (Phi) is 7.09. The predicted octanol–water partition coefficient (Wildman–Crippen LogP) is 5.97. The number of hydrogen-bond donors (Lipinski definition) is 2. The van der Waals surface area contributed by atoms with Crippen LogP contribution in [0.1, 0.15) is 63.0 Å². The Balaban J connectivity index is 1.17. The second-order valence-corrected chi connectivity index (χ2v) is 15.2. The molecule has 0 amide bonds. The number of ether oxygens (including phenoxy) is 2. The van der Waals surface area contributed by atoms with E-state index in [0.717, 1.165) is 87.0 Å². The van der Waals surface area contributed by atoms with E-state index in [1.165, 1.54) is 0 Å². The molecule has 4 saturated heterocycles. The van der Waals surface area contributed by atoms with Crippen LogP contribution >= 0.6 is 0 Å². The van der Waals surface area contributed by atoms with Crippen molar-refractivity contribution in [2.75, 3.05) is 44.3 Å². The second-order valence-electron chi connectivity index (χ2n) is 15.2. The molecule has 4 bridgehead atoms. The van der Waals surface area contributed by atoms with Gasteiger partial charge in [-0.15, -0.1) is 6.42 Å². The topological polar surface area (TPSA) is 83.0 Å². The molecule has 48 heavy (non-hydrogen) atoms. The number of fused-ring (bicyclic) bond motifs is 6. The summed E-state index contributed by atoms with van der Waals surface area (Å²) in [6.07, 6.45) is 11.9. The minimum Gasteiger partial charge on any atom is -0.508 e. The van der Waals surface area contributed by atoms with Crippen LogP contribution in [0.3, 0.4) is 0 Å². The number of hydrogen-bond acceptors (Lipinski definition) is 8. The van der Waals surface area contributed by atoms with Gasteiger partial charge in [0.2, 0.25) is 0 Å². The van der Waals surface area contributed by atoms with Crippen LogP contribution in [-0.2, 0) is 4.74 Å². The lowest BCUT2D eigenvalue weighted by molar-refractivity contribution is 0.0176. The van der Waals surface area contributed by atoms with Crippen molar-refractivity contribution < 1.29 is 19.0 Å². The number of piperazine rings is 1. The van der Waals surface area contributed by atoms with Gasteiger partial charge in [0.05, 0.1) is 19.3 Å². The van der Waals surface area contributed by atoms with Crippen LogP contribution in [0.25, 0.3) is 32.8 Å². The predicted molar refractivity (Wildman–Crippen MR) is 185 cm³/mol. The lowest BCUT2D eigenvalue weighted by Gasteiger charge is -2.34. The molecule has 5 aliphatic rings. The Morgan fingerprint density at radius 3 is 2.65 bits per heavy atom. The van der Waals surface area contributed by atoms with E-state index in [4.69, 9.17) is 25.9 Å². The standard InChI is InChI=1S/C39H42FN5O3/c1-4-23-6-5-7-24-12-28(46)14-31(33(23)24)34-30(22(2)3)15-32-36(35(34)40)42-38(43-37(32)44-16-25-8-9-26(17-44)41-25)48-21-39(10-11-39)20-45-18-29-13-27(45)19-47-29/h1,5-7,12,14-15,22,25-27,29,41,46H,8-11,13,16-21H2,2-3H3/t25?,26?,27-,29-/m0/s1.